The van der Waals surface area contributed by atoms with Gasteiger partial charge in [-0.1, -0.05) is 18.5 Å². The van der Waals surface area contributed by atoms with Gasteiger partial charge < -0.3 is 0 Å². The Balaban J connectivity index is 3.14. The smallest absolute Gasteiger partial charge is 0.145 e. The van der Waals surface area contributed by atoms with Gasteiger partial charge in [0.2, 0.25) is 0 Å². The van der Waals surface area contributed by atoms with E-state index in [1.54, 1.807) is 0 Å². The molecule has 0 unspecified atom stereocenters. The van der Waals surface area contributed by atoms with Crippen LogP contribution in [0.2, 0.25) is 5.02 Å². The van der Waals surface area contributed by atoms with Gasteiger partial charge in [0.25, 0.3) is 0 Å². The third kappa shape index (κ3) is 1.27. The van der Waals surface area contributed by atoms with Crippen LogP contribution in [0.1, 0.15) is 12.6 Å². The first-order valence-electron chi connectivity index (χ1n) is 3.04. The van der Waals surface area contributed by atoms with Gasteiger partial charge in [0, 0.05) is 6.20 Å². The molecule has 0 saturated carbocycles. The SMILES string of the molecule is CCc1nccc(F)c1Cl. The normalized spacial score (nSPS) is 9.90. The number of halogens is 2. The number of aromatic nitrogens is 1. The van der Waals surface area contributed by atoms with Crippen molar-refractivity contribution in [3.05, 3.63) is 28.8 Å². The fraction of sp³-hybridized carbons (Fsp3) is 0.286. The molecule has 1 aromatic rings. The van der Waals surface area contributed by atoms with Crippen molar-refractivity contribution in [2.24, 2.45) is 0 Å². The van der Waals surface area contributed by atoms with E-state index in [2.05, 4.69) is 4.98 Å². The van der Waals surface area contributed by atoms with E-state index in [0.29, 0.717) is 12.1 Å². The average Bonchev–Trinajstić information content (AvgIpc) is 1.95. The summed E-state index contributed by atoms with van der Waals surface area (Å²) in [5.74, 6) is -0.395. The monoisotopic (exact) mass is 159 g/mol. The van der Waals surface area contributed by atoms with E-state index in [1.807, 2.05) is 6.92 Å². The van der Waals surface area contributed by atoms with Crippen LogP contribution in [0.5, 0.6) is 0 Å². The molecule has 0 N–H and O–H groups in total. The number of pyridine rings is 1. The van der Waals surface area contributed by atoms with Crippen LogP contribution in [0.15, 0.2) is 12.3 Å². The second-order valence-electron chi connectivity index (χ2n) is 1.91. The Morgan fingerprint density at radius 3 is 2.90 bits per heavy atom. The molecule has 0 amide bonds. The average molecular weight is 160 g/mol. The molecule has 0 spiro atoms. The highest BCUT2D eigenvalue weighted by Crippen LogP contribution is 2.16. The maximum atomic E-state index is 12.6. The van der Waals surface area contributed by atoms with Crippen molar-refractivity contribution in [3.63, 3.8) is 0 Å². The van der Waals surface area contributed by atoms with E-state index in [1.165, 1.54) is 12.3 Å². The summed E-state index contributed by atoms with van der Waals surface area (Å²) in [5.41, 5.74) is 0.613. The Hall–Kier alpha value is -0.630. The zero-order valence-electron chi connectivity index (χ0n) is 5.56. The first-order chi connectivity index (χ1) is 4.75. The predicted molar refractivity (Wildman–Crippen MR) is 38.6 cm³/mol. The summed E-state index contributed by atoms with van der Waals surface area (Å²) in [7, 11) is 0. The van der Waals surface area contributed by atoms with Crippen molar-refractivity contribution in [2.45, 2.75) is 13.3 Å². The zero-order chi connectivity index (χ0) is 7.56. The Bertz CT molecular complexity index is 237. The van der Waals surface area contributed by atoms with Crippen LogP contribution in [0.3, 0.4) is 0 Å². The van der Waals surface area contributed by atoms with Gasteiger partial charge in [0.05, 0.1) is 10.7 Å². The van der Waals surface area contributed by atoms with Crippen molar-refractivity contribution in [2.75, 3.05) is 0 Å². The van der Waals surface area contributed by atoms with Crippen LogP contribution in [0.4, 0.5) is 4.39 Å². The van der Waals surface area contributed by atoms with Gasteiger partial charge in [0.1, 0.15) is 5.82 Å². The zero-order valence-corrected chi connectivity index (χ0v) is 6.32. The summed E-state index contributed by atoms with van der Waals surface area (Å²) in [4.78, 5) is 3.89. The van der Waals surface area contributed by atoms with E-state index in [4.69, 9.17) is 11.6 Å². The summed E-state index contributed by atoms with van der Waals surface area (Å²) in [6.45, 7) is 1.88. The van der Waals surface area contributed by atoms with Crippen LogP contribution >= 0.6 is 11.6 Å². The van der Waals surface area contributed by atoms with E-state index in [9.17, 15) is 4.39 Å². The third-order valence-electron chi connectivity index (χ3n) is 1.25. The van der Waals surface area contributed by atoms with Crippen LogP contribution in [-0.2, 0) is 6.42 Å². The highest BCUT2D eigenvalue weighted by atomic mass is 35.5. The second kappa shape index (κ2) is 2.97. The fourth-order valence-corrected chi connectivity index (χ4v) is 0.952. The van der Waals surface area contributed by atoms with Gasteiger partial charge in [-0.05, 0) is 12.5 Å². The van der Waals surface area contributed by atoms with Crippen molar-refractivity contribution < 1.29 is 4.39 Å². The number of rotatable bonds is 1. The summed E-state index contributed by atoms with van der Waals surface area (Å²) in [5, 5.41) is 0.144. The van der Waals surface area contributed by atoms with E-state index < -0.39 is 5.82 Å². The Morgan fingerprint density at radius 2 is 2.40 bits per heavy atom. The quantitative estimate of drug-likeness (QED) is 0.614. The van der Waals surface area contributed by atoms with Crippen LogP contribution in [-0.4, -0.2) is 4.98 Å². The second-order valence-corrected chi connectivity index (χ2v) is 2.28. The maximum Gasteiger partial charge on any atom is 0.145 e. The first-order valence-corrected chi connectivity index (χ1v) is 3.42. The summed E-state index contributed by atoms with van der Waals surface area (Å²) in [6, 6.07) is 1.25. The van der Waals surface area contributed by atoms with E-state index >= 15 is 0 Å². The number of aryl methyl sites for hydroxylation is 1. The molecule has 3 heteroatoms. The number of hydrogen-bond donors (Lipinski definition) is 0. The summed E-state index contributed by atoms with van der Waals surface area (Å²) < 4.78 is 12.6. The molecule has 0 aliphatic carbocycles. The molecule has 0 radical (unpaired) electrons. The van der Waals surface area contributed by atoms with Gasteiger partial charge in [-0.3, -0.25) is 4.98 Å². The Morgan fingerprint density at radius 1 is 1.70 bits per heavy atom. The summed E-state index contributed by atoms with van der Waals surface area (Å²) in [6.07, 6.45) is 2.08. The molecule has 0 aliphatic heterocycles. The molecule has 0 bridgehead atoms. The van der Waals surface area contributed by atoms with Crippen molar-refractivity contribution in [3.8, 4) is 0 Å². The topological polar surface area (TPSA) is 12.9 Å². The van der Waals surface area contributed by atoms with Crippen molar-refractivity contribution in [1.29, 1.82) is 0 Å². The number of hydrogen-bond acceptors (Lipinski definition) is 1. The molecule has 0 aliphatic rings. The largest absolute Gasteiger partial charge is 0.260 e. The molecule has 1 rings (SSSR count). The van der Waals surface area contributed by atoms with E-state index in [-0.39, 0.29) is 5.02 Å². The standard InChI is InChI=1S/C7H7ClFN/c1-2-6-7(8)5(9)3-4-10-6/h3-4H,2H2,1H3. The Kier molecular flexibility index (Phi) is 2.22. The lowest BCUT2D eigenvalue weighted by Crippen LogP contribution is -1.89. The van der Waals surface area contributed by atoms with Gasteiger partial charge in [-0.2, -0.15) is 0 Å². The molecule has 10 heavy (non-hydrogen) atoms. The lowest BCUT2D eigenvalue weighted by Gasteiger charge is -1.98. The molecule has 54 valence electrons. The molecule has 1 aromatic heterocycles. The van der Waals surface area contributed by atoms with Crippen LogP contribution in [0.25, 0.3) is 0 Å². The Labute approximate surface area is 63.8 Å². The molecule has 0 fully saturated rings. The fourth-order valence-electron chi connectivity index (χ4n) is 0.707. The molecule has 1 heterocycles. The van der Waals surface area contributed by atoms with Crippen LogP contribution < -0.4 is 0 Å². The lowest BCUT2D eigenvalue weighted by atomic mass is 10.3. The van der Waals surface area contributed by atoms with Crippen LogP contribution in [0, 0.1) is 5.82 Å². The maximum absolute atomic E-state index is 12.6. The molecule has 0 aromatic carbocycles. The molecule has 1 nitrogen and oxygen atoms in total. The molecule has 0 atom stereocenters. The molecule has 0 saturated heterocycles. The van der Waals surface area contributed by atoms with Gasteiger partial charge >= 0.3 is 0 Å². The first kappa shape index (κ1) is 7.48. The van der Waals surface area contributed by atoms with E-state index in [0.717, 1.165) is 0 Å². The van der Waals surface area contributed by atoms with Crippen molar-refractivity contribution >= 4 is 11.6 Å². The van der Waals surface area contributed by atoms with Gasteiger partial charge in [-0.15, -0.1) is 0 Å². The van der Waals surface area contributed by atoms with Crippen molar-refractivity contribution in [1.82, 2.24) is 4.98 Å². The minimum atomic E-state index is -0.395. The lowest BCUT2D eigenvalue weighted by molar-refractivity contribution is 0.623. The molecular weight excluding hydrogens is 153 g/mol. The predicted octanol–water partition coefficient (Wildman–Crippen LogP) is 2.44. The minimum Gasteiger partial charge on any atom is -0.260 e. The highest BCUT2D eigenvalue weighted by Gasteiger charge is 2.03. The number of nitrogens with zero attached hydrogens (tertiary/aromatic N) is 1. The minimum absolute atomic E-state index is 0.144. The highest BCUT2D eigenvalue weighted by molar-refractivity contribution is 6.31. The van der Waals surface area contributed by atoms with Gasteiger partial charge in [-0.25, -0.2) is 4.39 Å². The molecular formula is C7H7ClFN. The third-order valence-corrected chi connectivity index (χ3v) is 1.65. The summed E-state index contributed by atoms with van der Waals surface area (Å²) >= 11 is 5.56. The van der Waals surface area contributed by atoms with Gasteiger partial charge in [0.15, 0.2) is 0 Å².